The summed E-state index contributed by atoms with van der Waals surface area (Å²) in [4.78, 5) is 45.4. The van der Waals surface area contributed by atoms with E-state index in [1.54, 1.807) is 13.2 Å². The Morgan fingerprint density at radius 3 is 2.37 bits per heavy atom. The smallest absolute Gasteiger partial charge is 0.254 e. The van der Waals surface area contributed by atoms with Crippen LogP contribution < -0.4 is 30.9 Å². The SMILES string of the molecule is CN[C@@H](C)CN[C@H](C(=O)C1=C(C(=O)Nc2cc3c(Nc4ccc(N5CCN(C6CCN(C)CC6)CC5)cc4)ncnc3cc2OC)Cn2cccc21)C(C)(C)C.Cl. The van der Waals surface area contributed by atoms with Gasteiger partial charge in [0.05, 0.1) is 42.2 Å². The summed E-state index contributed by atoms with van der Waals surface area (Å²) >= 11 is 0. The number of benzene rings is 2. The summed E-state index contributed by atoms with van der Waals surface area (Å²) in [6.07, 6.45) is 5.95. The fourth-order valence-electron chi connectivity index (χ4n) is 8.22. The van der Waals surface area contributed by atoms with E-state index in [0.717, 1.165) is 42.9 Å². The minimum absolute atomic E-state index is 0. The summed E-state index contributed by atoms with van der Waals surface area (Å²) in [5, 5.41) is 14.0. The maximum Gasteiger partial charge on any atom is 0.254 e. The zero-order valence-corrected chi connectivity index (χ0v) is 35.2. The zero-order valence-electron chi connectivity index (χ0n) is 34.4. The van der Waals surface area contributed by atoms with Gasteiger partial charge in [-0.1, -0.05) is 20.8 Å². The fourth-order valence-corrected chi connectivity index (χ4v) is 8.22. The Morgan fingerprint density at radius 1 is 0.982 bits per heavy atom. The first kappa shape index (κ1) is 42.1. The van der Waals surface area contributed by atoms with E-state index in [4.69, 9.17) is 4.74 Å². The standard InChI is InChI=1S/C43H58N10O3.ClH/c1-28(44-5)25-45-40(43(2,3)4)39(54)38-33(26-53-16-8-9-36(38)53)42(55)49-35-23-32-34(24-37(35)56-7)46-27-47-41(32)48-29-10-12-30(13-11-29)51-19-21-52(22-20-51)31-14-17-50(6)18-15-31;/h8-13,16,23-24,27-28,31,40,44-45H,14-15,17-22,25-26H2,1-7H3,(H,49,55)(H,46,47,48);1H/t28-,40+;/m0./s1. The molecule has 57 heavy (non-hydrogen) atoms. The minimum atomic E-state index is -0.508. The summed E-state index contributed by atoms with van der Waals surface area (Å²) in [6, 6.07) is 16.3. The highest BCUT2D eigenvalue weighted by molar-refractivity contribution is 6.30. The number of methoxy groups -OCH3 is 1. The topological polar surface area (TPSA) is 132 Å². The van der Waals surface area contributed by atoms with E-state index >= 15 is 0 Å². The monoisotopic (exact) mass is 798 g/mol. The van der Waals surface area contributed by atoms with Gasteiger partial charge in [0, 0.05) is 79.4 Å². The molecule has 2 aromatic heterocycles. The molecule has 2 saturated heterocycles. The number of nitrogens with one attached hydrogen (secondary N) is 4. The molecule has 0 bridgehead atoms. The number of carbonyl (C=O) groups is 2. The van der Waals surface area contributed by atoms with Crippen molar-refractivity contribution in [3.8, 4) is 5.75 Å². The lowest BCUT2D eigenvalue weighted by molar-refractivity contribution is -0.118. The molecule has 2 fully saturated rings. The number of carbonyl (C=O) groups excluding carboxylic acids is 2. The van der Waals surface area contributed by atoms with E-state index in [-0.39, 0.29) is 36.7 Å². The average Bonchev–Trinajstić information content (AvgIpc) is 3.80. The highest BCUT2D eigenvalue weighted by Gasteiger charge is 2.39. The molecule has 4 N–H and O–H groups in total. The highest BCUT2D eigenvalue weighted by Crippen LogP contribution is 2.37. The molecule has 2 aromatic carbocycles. The number of amides is 1. The molecule has 4 aromatic rings. The number of anilines is 4. The molecular formula is C43H59ClN10O3. The minimum Gasteiger partial charge on any atom is -0.494 e. The zero-order chi connectivity index (χ0) is 39.6. The number of hydrogen-bond acceptors (Lipinski definition) is 11. The second kappa shape index (κ2) is 17.9. The summed E-state index contributed by atoms with van der Waals surface area (Å²) in [5.74, 6) is 0.598. The van der Waals surface area contributed by atoms with E-state index in [1.807, 2.05) is 56.8 Å². The molecule has 3 aliphatic rings. The second-order valence-electron chi connectivity index (χ2n) is 16.6. The third-order valence-corrected chi connectivity index (χ3v) is 11.7. The average molecular weight is 799 g/mol. The van der Waals surface area contributed by atoms with Gasteiger partial charge in [-0.25, -0.2) is 9.97 Å². The van der Waals surface area contributed by atoms with Crippen LogP contribution in [0.2, 0.25) is 0 Å². The second-order valence-corrected chi connectivity index (χ2v) is 16.6. The number of aromatic nitrogens is 3. The predicted molar refractivity (Wildman–Crippen MR) is 232 cm³/mol. The number of Topliss-reactive ketones (excluding diaryl/α,β-unsaturated/α-hetero) is 1. The van der Waals surface area contributed by atoms with E-state index < -0.39 is 11.5 Å². The Kier molecular flexibility index (Phi) is 13.3. The first-order valence-corrected chi connectivity index (χ1v) is 20.0. The maximum absolute atomic E-state index is 14.4. The van der Waals surface area contributed by atoms with Crippen molar-refractivity contribution in [2.24, 2.45) is 5.41 Å². The quantitative estimate of drug-likeness (QED) is 0.139. The highest BCUT2D eigenvalue weighted by atomic mass is 35.5. The van der Waals surface area contributed by atoms with Crippen molar-refractivity contribution in [3.05, 3.63) is 72.3 Å². The fraction of sp³-hybridized carbons (Fsp3) is 0.488. The predicted octanol–water partition coefficient (Wildman–Crippen LogP) is 5.41. The number of nitrogens with zero attached hydrogens (tertiary/aromatic N) is 6. The van der Waals surface area contributed by atoms with Gasteiger partial charge in [-0.05, 0) is 94.8 Å². The largest absolute Gasteiger partial charge is 0.494 e. The Labute approximate surface area is 343 Å². The number of ketones is 1. The molecule has 2 atom stereocenters. The molecule has 0 aliphatic carbocycles. The molecule has 0 spiro atoms. The van der Waals surface area contributed by atoms with Gasteiger partial charge in [0.15, 0.2) is 5.78 Å². The summed E-state index contributed by atoms with van der Waals surface area (Å²) in [5.41, 5.74) is 4.42. The summed E-state index contributed by atoms with van der Waals surface area (Å²) in [6.45, 7) is 15.7. The molecule has 5 heterocycles. The first-order chi connectivity index (χ1) is 26.9. The molecule has 3 aliphatic heterocycles. The number of fused-ring (bicyclic) bond motifs is 2. The van der Waals surface area contributed by atoms with Crippen LogP contribution in [0.3, 0.4) is 0 Å². The van der Waals surface area contributed by atoms with Gasteiger partial charge in [-0.3, -0.25) is 14.5 Å². The van der Waals surface area contributed by atoms with Crippen LogP contribution >= 0.6 is 12.4 Å². The van der Waals surface area contributed by atoms with Crippen molar-refractivity contribution < 1.29 is 14.3 Å². The van der Waals surface area contributed by atoms with Gasteiger partial charge in [0.2, 0.25) is 0 Å². The van der Waals surface area contributed by atoms with E-state index in [0.29, 0.717) is 46.5 Å². The van der Waals surface area contributed by atoms with Gasteiger partial charge in [-0.15, -0.1) is 12.4 Å². The normalized spacial score (nSPS) is 17.9. The van der Waals surface area contributed by atoms with Crippen LogP contribution in [0.15, 0.2) is 66.6 Å². The molecule has 1 amide bonds. The van der Waals surface area contributed by atoms with Gasteiger partial charge in [-0.2, -0.15) is 0 Å². The van der Waals surface area contributed by atoms with Crippen molar-refractivity contribution >= 4 is 63.5 Å². The third-order valence-electron chi connectivity index (χ3n) is 11.7. The number of hydrogen-bond donors (Lipinski definition) is 4. The van der Waals surface area contributed by atoms with Crippen LogP contribution in [-0.4, -0.2) is 121 Å². The molecule has 7 rings (SSSR count). The molecule has 0 saturated carbocycles. The number of piperidine rings is 1. The van der Waals surface area contributed by atoms with Crippen LogP contribution in [0.25, 0.3) is 16.5 Å². The summed E-state index contributed by atoms with van der Waals surface area (Å²) < 4.78 is 7.70. The van der Waals surface area contributed by atoms with Crippen LogP contribution in [0.4, 0.5) is 22.9 Å². The molecule has 0 unspecified atom stereocenters. The number of piperazine rings is 1. The lowest BCUT2D eigenvalue weighted by Gasteiger charge is -2.42. The Balaban J connectivity index is 0.00000549. The third kappa shape index (κ3) is 9.29. The van der Waals surface area contributed by atoms with Crippen molar-refractivity contribution in [1.29, 1.82) is 0 Å². The maximum atomic E-state index is 14.4. The van der Waals surface area contributed by atoms with Crippen LogP contribution in [0.1, 0.15) is 46.2 Å². The lowest BCUT2D eigenvalue weighted by atomic mass is 9.80. The van der Waals surface area contributed by atoms with Gasteiger partial charge in [0.1, 0.15) is 17.9 Å². The van der Waals surface area contributed by atoms with Crippen molar-refractivity contribution in [1.82, 2.24) is 35.0 Å². The lowest BCUT2D eigenvalue weighted by Crippen LogP contribution is -2.52. The number of likely N-dealkylation sites (N-methyl/N-ethyl adjacent to an activating group) is 1. The molecular weight excluding hydrogens is 740 g/mol. The molecule has 14 heteroatoms. The van der Waals surface area contributed by atoms with Crippen LogP contribution in [-0.2, 0) is 16.1 Å². The molecule has 0 radical (unpaired) electrons. The van der Waals surface area contributed by atoms with Crippen LogP contribution in [0.5, 0.6) is 5.75 Å². The first-order valence-electron chi connectivity index (χ1n) is 20.0. The van der Waals surface area contributed by atoms with Crippen molar-refractivity contribution in [3.63, 3.8) is 0 Å². The molecule has 306 valence electrons. The number of halogens is 1. The van der Waals surface area contributed by atoms with Crippen molar-refractivity contribution in [2.75, 3.05) is 82.6 Å². The van der Waals surface area contributed by atoms with Crippen LogP contribution in [0, 0.1) is 5.41 Å². The van der Waals surface area contributed by atoms with Crippen molar-refractivity contribution in [2.45, 2.75) is 65.2 Å². The van der Waals surface area contributed by atoms with E-state index in [1.165, 1.54) is 37.9 Å². The Morgan fingerprint density at radius 2 is 1.70 bits per heavy atom. The van der Waals surface area contributed by atoms with Gasteiger partial charge < -0.3 is 40.4 Å². The Bertz CT molecular complexity index is 2060. The summed E-state index contributed by atoms with van der Waals surface area (Å²) in [7, 11) is 5.68. The Hall–Kier alpha value is -4.53. The number of rotatable bonds is 13. The van der Waals surface area contributed by atoms with Gasteiger partial charge in [0.25, 0.3) is 5.91 Å². The van der Waals surface area contributed by atoms with Gasteiger partial charge >= 0.3 is 0 Å². The van der Waals surface area contributed by atoms with E-state index in [2.05, 4.69) is 84.2 Å². The number of ether oxygens (including phenoxy) is 1. The van der Waals surface area contributed by atoms with E-state index in [9.17, 15) is 9.59 Å². The molecule has 13 nitrogen and oxygen atoms in total. The number of likely N-dealkylation sites (tertiary alicyclic amines) is 1.